The summed E-state index contributed by atoms with van der Waals surface area (Å²) in [4.78, 5) is 0. The summed E-state index contributed by atoms with van der Waals surface area (Å²) in [6.45, 7) is 5.13. The van der Waals surface area contributed by atoms with Gasteiger partial charge < -0.3 is 14.2 Å². The second-order valence-corrected chi connectivity index (χ2v) is 3.13. The van der Waals surface area contributed by atoms with Crippen molar-refractivity contribution in [1.82, 2.24) is 0 Å². The molecule has 1 atom stereocenters. The monoisotopic (exact) mass is 252 g/mol. The smallest absolute Gasteiger partial charge is 0.147 e. The SMILES string of the molecule is C=CCC(CBr)OCOCCOC. The van der Waals surface area contributed by atoms with Crippen molar-refractivity contribution in [2.45, 2.75) is 12.5 Å². The molecule has 1 unspecified atom stereocenters. The lowest BCUT2D eigenvalue weighted by Crippen LogP contribution is -2.16. The lowest BCUT2D eigenvalue weighted by molar-refractivity contribution is -0.0897. The second kappa shape index (κ2) is 10.2. The first-order valence-electron chi connectivity index (χ1n) is 4.20. The average Bonchev–Trinajstić information content (AvgIpc) is 2.16. The van der Waals surface area contributed by atoms with Gasteiger partial charge in [-0.15, -0.1) is 6.58 Å². The second-order valence-electron chi connectivity index (χ2n) is 2.49. The van der Waals surface area contributed by atoms with E-state index >= 15 is 0 Å². The fourth-order valence-electron chi connectivity index (χ4n) is 0.707. The first kappa shape index (κ1) is 13.1. The van der Waals surface area contributed by atoms with E-state index in [0.717, 1.165) is 11.8 Å². The lowest BCUT2D eigenvalue weighted by atomic mass is 10.3. The molecule has 0 aliphatic rings. The Morgan fingerprint density at radius 1 is 1.46 bits per heavy atom. The predicted octanol–water partition coefficient (Wildman–Crippen LogP) is 1.96. The number of hydrogen-bond acceptors (Lipinski definition) is 3. The number of ether oxygens (including phenoxy) is 3. The van der Waals surface area contributed by atoms with E-state index < -0.39 is 0 Å². The van der Waals surface area contributed by atoms with Crippen LogP contribution in [0.3, 0.4) is 0 Å². The van der Waals surface area contributed by atoms with Crippen molar-refractivity contribution >= 4 is 15.9 Å². The van der Waals surface area contributed by atoms with E-state index in [4.69, 9.17) is 14.2 Å². The molecular formula is C9H17BrO3. The summed E-state index contributed by atoms with van der Waals surface area (Å²) in [5, 5.41) is 0.798. The number of halogens is 1. The minimum atomic E-state index is 0.153. The number of rotatable bonds is 9. The van der Waals surface area contributed by atoms with E-state index in [1.807, 2.05) is 6.08 Å². The molecule has 78 valence electrons. The molecule has 0 amide bonds. The van der Waals surface area contributed by atoms with Crippen LogP contribution in [0.2, 0.25) is 0 Å². The fourth-order valence-corrected chi connectivity index (χ4v) is 1.16. The molecule has 0 aliphatic heterocycles. The van der Waals surface area contributed by atoms with Crippen LogP contribution in [0.4, 0.5) is 0 Å². The molecular weight excluding hydrogens is 236 g/mol. The molecule has 0 heterocycles. The molecule has 0 N–H and O–H groups in total. The van der Waals surface area contributed by atoms with Gasteiger partial charge in [0, 0.05) is 12.4 Å². The maximum absolute atomic E-state index is 5.38. The molecule has 0 spiro atoms. The lowest BCUT2D eigenvalue weighted by Gasteiger charge is -2.13. The Hall–Kier alpha value is 0.1000. The summed E-state index contributed by atoms with van der Waals surface area (Å²) in [6, 6.07) is 0. The van der Waals surface area contributed by atoms with Crippen molar-refractivity contribution in [3.63, 3.8) is 0 Å². The van der Waals surface area contributed by atoms with Crippen LogP contribution in [0.25, 0.3) is 0 Å². The van der Waals surface area contributed by atoms with Crippen molar-refractivity contribution in [1.29, 1.82) is 0 Å². The molecule has 0 saturated carbocycles. The van der Waals surface area contributed by atoms with E-state index in [1.54, 1.807) is 7.11 Å². The van der Waals surface area contributed by atoms with Crippen molar-refractivity contribution in [2.75, 3.05) is 32.4 Å². The minimum absolute atomic E-state index is 0.153. The highest BCUT2D eigenvalue weighted by Crippen LogP contribution is 2.03. The van der Waals surface area contributed by atoms with Gasteiger partial charge in [0.25, 0.3) is 0 Å². The van der Waals surface area contributed by atoms with Crippen LogP contribution < -0.4 is 0 Å². The predicted molar refractivity (Wildman–Crippen MR) is 56.2 cm³/mol. The van der Waals surface area contributed by atoms with Crippen LogP contribution >= 0.6 is 15.9 Å². The van der Waals surface area contributed by atoms with Gasteiger partial charge in [-0.2, -0.15) is 0 Å². The van der Waals surface area contributed by atoms with E-state index in [1.165, 1.54) is 0 Å². The van der Waals surface area contributed by atoms with E-state index in [2.05, 4.69) is 22.5 Å². The van der Waals surface area contributed by atoms with Gasteiger partial charge >= 0.3 is 0 Å². The van der Waals surface area contributed by atoms with Crippen LogP contribution in [-0.4, -0.2) is 38.6 Å². The summed E-state index contributed by atoms with van der Waals surface area (Å²) in [5.41, 5.74) is 0. The van der Waals surface area contributed by atoms with Crippen LogP contribution in [0.1, 0.15) is 6.42 Å². The minimum Gasteiger partial charge on any atom is -0.382 e. The van der Waals surface area contributed by atoms with Crippen LogP contribution in [0.15, 0.2) is 12.7 Å². The van der Waals surface area contributed by atoms with Crippen molar-refractivity contribution in [3.8, 4) is 0 Å². The maximum atomic E-state index is 5.38. The van der Waals surface area contributed by atoms with E-state index in [-0.39, 0.29) is 6.10 Å². The topological polar surface area (TPSA) is 27.7 Å². The summed E-state index contributed by atoms with van der Waals surface area (Å²) >= 11 is 3.35. The molecule has 13 heavy (non-hydrogen) atoms. The summed E-state index contributed by atoms with van der Waals surface area (Å²) in [7, 11) is 1.64. The molecule has 4 heteroatoms. The molecule has 0 radical (unpaired) electrons. The molecule has 0 rings (SSSR count). The molecule has 0 bridgehead atoms. The van der Waals surface area contributed by atoms with Crippen LogP contribution in [0, 0.1) is 0 Å². The standard InChI is InChI=1S/C9H17BrO3/c1-3-4-9(7-10)13-8-12-6-5-11-2/h3,9H,1,4-8H2,2H3. The van der Waals surface area contributed by atoms with Crippen molar-refractivity contribution in [3.05, 3.63) is 12.7 Å². The Labute approximate surface area is 88.2 Å². The molecule has 0 fully saturated rings. The van der Waals surface area contributed by atoms with Gasteiger partial charge in [-0.25, -0.2) is 0 Å². The highest BCUT2D eigenvalue weighted by molar-refractivity contribution is 9.09. The molecule has 0 aromatic rings. The third-order valence-corrected chi connectivity index (χ3v) is 2.14. The molecule has 0 aromatic heterocycles. The summed E-state index contributed by atoms with van der Waals surface area (Å²) in [5.74, 6) is 0. The van der Waals surface area contributed by atoms with Gasteiger partial charge in [0.05, 0.1) is 19.3 Å². The zero-order valence-corrected chi connectivity index (χ0v) is 9.59. The first-order chi connectivity index (χ1) is 6.35. The normalized spacial score (nSPS) is 12.8. The Morgan fingerprint density at radius 3 is 2.77 bits per heavy atom. The zero-order valence-electron chi connectivity index (χ0n) is 8.00. The fraction of sp³-hybridized carbons (Fsp3) is 0.778. The van der Waals surface area contributed by atoms with Crippen molar-refractivity contribution in [2.24, 2.45) is 0 Å². The number of alkyl halides is 1. The van der Waals surface area contributed by atoms with E-state index in [0.29, 0.717) is 20.0 Å². The maximum Gasteiger partial charge on any atom is 0.147 e. The van der Waals surface area contributed by atoms with Gasteiger partial charge in [-0.05, 0) is 6.42 Å². The van der Waals surface area contributed by atoms with Gasteiger partial charge in [0.2, 0.25) is 0 Å². The molecule has 0 aliphatic carbocycles. The molecule has 3 nitrogen and oxygen atoms in total. The first-order valence-corrected chi connectivity index (χ1v) is 5.32. The third-order valence-electron chi connectivity index (χ3n) is 1.42. The zero-order chi connectivity index (χ0) is 9.94. The van der Waals surface area contributed by atoms with Crippen LogP contribution in [-0.2, 0) is 14.2 Å². The van der Waals surface area contributed by atoms with E-state index in [9.17, 15) is 0 Å². The number of hydrogen-bond donors (Lipinski definition) is 0. The quantitative estimate of drug-likeness (QED) is 0.272. The summed E-state index contributed by atoms with van der Waals surface area (Å²) < 4.78 is 15.3. The Kier molecular flexibility index (Phi) is 10.3. The van der Waals surface area contributed by atoms with Gasteiger partial charge in [-0.3, -0.25) is 0 Å². The van der Waals surface area contributed by atoms with Gasteiger partial charge in [-0.1, -0.05) is 22.0 Å². The molecule has 0 aromatic carbocycles. The molecule has 0 saturated heterocycles. The highest BCUT2D eigenvalue weighted by atomic mass is 79.9. The Morgan fingerprint density at radius 2 is 2.23 bits per heavy atom. The number of methoxy groups -OCH3 is 1. The highest BCUT2D eigenvalue weighted by Gasteiger charge is 2.03. The van der Waals surface area contributed by atoms with Gasteiger partial charge in [0.1, 0.15) is 6.79 Å². The van der Waals surface area contributed by atoms with Gasteiger partial charge in [0.15, 0.2) is 0 Å². The largest absolute Gasteiger partial charge is 0.382 e. The third kappa shape index (κ3) is 8.43. The average molecular weight is 253 g/mol. The van der Waals surface area contributed by atoms with Crippen LogP contribution in [0.5, 0.6) is 0 Å². The Bertz CT molecular complexity index is 119. The van der Waals surface area contributed by atoms with Crippen molar-refractivity contribution < 1.29 is 14.2 Å². The Balaban J connectivity index is 3.22. The summed E-state index contributed by atoms with van der Waals surface area (Å²) in [6.07, 6.45) is 2.82.